The maximum atomic E-state index is 14.9. The molecule has 0 aliphatic carbocycles. The van der Waals surface area contributed by atoms with Crippen molar-refractivity contribution in [2.45, 2.75) is 6.54 Å². The summed E-state index contributed by atoms with van der Waals surface area (Å²) in [6, 6.07) is 18.5. The van der Waals surface area contributed by atoms with E-state index >= 15 is 0 Å². The number of hydrogen-bond donors (Lipinski definition) is 3. The first-order chi connectivity index (χ1) is 19.3. The minimum atomic E-state index is -0.923. The monoisotopic (exact) mass is 543 g/mol. The zero-order valence-corrected chi connectivity index (χ0v) is 21.9. The van der Waals surface area contributed by atoms with Crippen LogP contribution in [0.15, 0.2) is 72.8 Å². The number of amides is 3. The summed E-state index contributed by atoms with van der Waals surface area (Å²) in [7, 11) is 3.82. The molecule has 1 aliphatic rings. The molecule has 1 aliphatic heterocycles. The molecule has 0 fully saturated rings. The molecule has 3 N–H and O–H groups in total. The molecular weight excluding hydrogens is 516 g/mol. The molecule has 2 heterocycles. The minimum absolute atomic E-state index is 0.0112. The van der Waals surface area contributed by atoms with E-state index in [9.17, 15) is 18.4 Å². The Morgan fingerprint density at radius 3 is 2.40 bits per heavy atom. The molecule has 4 aromatic rings. The van der Waals surface area contributed by atoms with E-state index in [0.29, 0.717) is 41.2 Å². The molecule has 0 saturated carbocycles. The lowest BCUT2D eigenvalue weighted by atomic mass is 9.98. The summed E-state index contributed by atoms with van der Waals surface area (Å²) in [5.41, 5.74) is 1.60. The number of benzene rings is 3. The van der Waals surface area contributed by atoms with Gasteiger partial charge >= 0.3 is 6.03 Å². The van der Waals surface area contributed by atoms with Crippen LogP contribution in [-0.4, -0.2) is 54.0 Å². The largest absolute Gasteiger partial charge is 0.353 e. The number of fused-ring (bicyclic) bond motifs is 1. The number of urea groups is 1. The average Bonchev–Trinajstić information content (AvgIpc) is 2.94. The predicted molar refractivity (Wildman–Crippen MR) is 150 cm³/mol. The first-order valence-corrected chi connectivity index (χ1v) is 12.6. The molecule has 0 saturated heterocycles. The van der Waals surface area contributed by atoms with Gasteiger partial charge < -0.3 is 20.9 Å². The first-order valence-electron chi connectivity index (χ1n) is 12.6. The summed E-state index contributed by atoms with van der Waals surface area (Å²) in [6.07, 6.45) is 0. The van der Waals surface area contributed by atoms with Gasteiger partial charge in [0.05, 0.1) is 12.2 Å². The van der Waals surface area contributed by atoms with Crippen LogP contribution in [0.3, 0.4) is 0 Å². The van der Waals surface area contributed by atoms with Crippen molar-refractivity contribution in [3.63, 3.8) is 0 Å². The highest BCUT2D eigenvalue weighted by atomic mass is 19.1. The molecule has 0 radical (unpaired) electrons. The third kappa shape index (κ3) is 5.45. The summed E-state index contributed by atoms with van der Waals surface area (Å²) >= 11 is 0. The Morgan fingerprint density at radius 2 is 1.68 bits per heavy atom. The van der Waals surface area contributed by atoms with E-state index in [-0.39, 0.29) is 24.2 Å². The predicted octanol–water partition coefficient (Wildman–Crippen LogP) is 5.01. The molecule has 0 unspecified atom stereocenters. The van der Waals surface area contributed by atoms with Crippen LogP contribution in [0.2, 0.25) is 0 Å². The third-order valence-corrected chi connectivity index (χ3v) is 6.28. The third-order valence-electron chi connectivity index (χ3n) is 6.28. The quantitative estimate of drug-likeness (QED) is 0.289. The van der Waals surface area contributed by atoms with Gasteiger partial charge in [-0.1, -0.05) is 42.5 Å². The van der Waals surface area contributed by atoms with Crippen molar-refractivity contribution in [2.24, 2.45) is 0 Å². The molecule has 3 amide bonds. The summed E-state index contributed by atoms with van der Waals surface area (Å²) in [5, 5.41) is 8.68. The van der Waals surface area contributed by atoms with E-state index in [0.717, 1.165) is 17.0 Å². The van der Waals surface area contributed by atoms with Gasteiger partial charge in [-0.3, -0.25) is 4.79 Å². The lowest BCUT2D eigenvalue weighted by Crippen LogP contribution is -2.43. The van der Waals surface area contributed by atoms with Crippen molar-refractivity contribution in [3.05, 3.63) is 95.6 Å². The highest BCUT2D eigenvalue weighted by Gasteiger charge is 2.34. The molecule has 0 spiro atoms. The van der Waals surface area contributed by atoms with Gasteiger partial charge in [-0.05, 0) is 44.4 Å². The van der Waals surface area contributed by atoms with E-state index < -0.39 is 23.4 Å². The Balaban J connectivity index is 1.66. The second-order valence-corrected chi connectivity index (χ2v) is 9.36. The summed E-state index contributed by atoms with van der Waals surface area (Å²) in [4.78, 5) is 38.5. The van der Waals surface area contributed by atoms with Crippen molar-refractivity contribution >= 4 is 35.1 Å². The van der Waals surface area contributed by atoms with Gasteiger partial charge in [0.2, 0.25) is 5.95 Å². The van der Waals surface area contributed by atoms with E-state index in [1.807, 2.05) is 37.2 Å². The summed E-state index contributed by atoms with van der Waals surface area (Å²) < 4.78 is 29.8. The number of halogens is 2. The van der Waals surface area contributed by atoms with E-state index in [4.69, 9.17) is 4.98 Å². The number of likely N-dealkylation sites (N-methyl/N-ethyl adjacent to an activating group) is 1. The lowest BCUT2D eigenvalue weighted by Gasteiger charge is -2.31. The van der Waals surface area contributed by atoms with E-state index in [1.54, 1.807) is 36.4 Å². The fraction of sp³-hybridized carbons (Fsp3) is 0.172. The topological polar surface area (TPSA) is 102 Å². The number of rotatable bonds is 8. The number of anilines is 4. The van der Waals surface area contributed by atoms with Gasteiger partial charge in [-0.15, -0.1) is 0 Å². The number of hydrogen-bond acceptors (Lipinski definition) is 6. The number of nitrogens with zero attached hydrogens (tertiary/aromatic N) is 4. The standard InChI is InChI=1S/C29H27F2N7O2/c1-37(2)16-15-32-28-35-24(19-11-6-7-12-20(19)27(39)34-18-9-4-3-5-10-18)21-17-33-29(40)38(26(21)36-28)25-22(30)13-8-14-23(25)31/h3-14H,15-17H2,1-2H3,(H,33,40)(H,34,39)(H,32,35,36). The SMILES string of the molecule is CN(C)CCNc1nc(-c2ccccc2C(=O)Nc2ccccc2)c2c(n1)N(c1c(F)cccc1F)C(=O)NC2. The van der Waals surface area contributed by atoms with Crippen molar-refractivity contribution in [1.29, 1.82) is 0 Å². The second kappa shape index (κ2) is 11.5. The fourth-order valence-corrected chi connectivity index (χ4v) is 4.37. The Bertz CT molecular complexity index is 1540. The molecule has 204 valence electrons. The zero-order chi connectivity index (χ0) is 28.2. The smallest absolute Gasteiger partial charge is 0.328 e. The van der Waals surface area contributed by atoms with Crippen LogP contribution in [0, 0.1) is 11.6 Å². The first kappa shape index (κ1) is 26.7. The van der Waals surface area contributed by atoms with Crippen LogP contribution < -0.4 is 20.9 Å². The fourth-order valence-electron chi connectivity index (χ4n) is 4.37. The molecule has 5 rings (SSSR count). The Labute approximate surface area is 229 Å². The van der Waals surface area contributed by atoms with Crippen LogP contribution in [0.5, 0.6) is 0 Å². The van der Waals surface area contributed by atoms with E-state index in [2.05, 4.69) is 20.9 Å². The highest BCUT2D eigenvalue weighted by Crippen LogP contribution is 2.39. The minimum Gasteiger partial charge on any atom is -0.353 e. The number of carbonyl (C=O) groups is 2. The van der Waals surface area contributed by atoms with Crippen molar-refractivity contribution in [3.8, 4) is 11.3 Å². The van der Waals surface area contributed by atoms with Crippen LogP contribution in [-0.2, 0) is 6.54 Å². The summed E-state index contributed by atoms with van der Waals surface area (Å²) in [5.74, 6) is -2.05. The van der Waals surface area contributed by atoms with E-state index in [1.165, 1.54) is 6.07 Å². The number of aromatic nitrogens is 2. The number of nitrogens with one attached hydrogen (secondary N) is 3. The molecule has 40 heavy (non-hydrogen) atoms. The van der Waals surface area contributed by atoms with Crippen molar-refractivity contribution < 1.29 is 18.4 Å². The highest BCUT2D eigenvalue weighted by molar-refractivity contribution is 6.09. The van der Waals surface area contributed by atoms with Crippen molar-refractivity contribution in [1.82, 2.24) is 20.2 Å². The van der Waals surface area contributed by atoms with Gasteiger partial charge in [-0.25, -0.2) is 23.5 Å². The molecule has 0 bridgehead atoms. The van der Waals surface area contributed by atoms with Gasteiger partial charge in [0.15, 0.2) is 5.82 Å². The second-order valence-electron chi connectivity index (χ2n) is 9.36. The van der Waals surface area contributed by atoms with Gasteiger partial charge in [0.1, 0.15) is 17.3 Å². The van der Waals surface area contributed by atoms with Crippen LogP contribution >= 0.6 is 0 Å². The number of carbonyl (C=O) groups excluding carboxylic acids is 2. The average molecular weight is 544 g/mol. The van der Waals surface area contributed by atoms with Gasteiger partial charge in [-0.2, -0.15) is 4.98 Å². The normalized spacial score (nSPS) is 12.6. The van der Waals surface area contributed by atoms with Crippen LogP contribution in [0.25, 0.3) is 11.3 Å². The molecule has 1 aromatic heterocycles. The Morgan fingerprint density at radius 1 is 0.975 bits per heavy atom. The molecule has 3 aromatic carbocycles. The van der Waals surface area contributed by atoms with Gasteiger partial charge in [0.25, 0.3) is 5.91 Å². The maximum Gasteiger partial charge on any atom is 0.328 e. The molecular formula is C29H27F2N7O2. The lowest BCUT2D eigenvalue weighted by molar-refractivity contribution is 0.102. The van der Waals surface area contributed by atoms with Crippen molar-refractivity contribution in [2.75, 3.05) is 42.7 Å². The van der Waals surface area contributed by atoms with Gasteiger partial charge in [0, 0.05) is 35.5 Å². The summed E-state index contributed by atoms with van der Waals surface area (Å²) in [6.45, 7) is 1.10. The number of para-hydroxylation sites is 2. The maximum absolute atomic E-state index is 14.9. The Kier molecular flexibility index (Phi) is 7.65. The zero-order valence-electron chi connectivity index (χ0n) is 21.9. The molecule has 9 nitrogen and oxygen atoms in total. The molecule has 0 atom stereocenters. The molecule has 11 heteroatoms. The van der Waals surface area contributed by atoms with Crippen LogP contribution in [0.4, 0.5) is 36.7 Å². The van der Waals surface area contributed by atoms with Crippen LogP contribution in [0.1, 0.15) is 15.9 Å². The Hall–Kier alpha value is -4.90.